The maximum Gasteiger partial charge on any atom is 0.184 e. The van der Waals surface area contributed by atoms with E-state index in [0.717, 1.165) is 0 Å². The van der Waals surface area contributed by atoms with E-state index in [1.54, 1.807) is 0 Å². The maximum atomic E-state index is 9.42. The van der Waals surface area contributed by atoms with Crippen molar-refractivity contribution in [1.29, 1.82) is 0 Å². The van der Waals surface area contributed by atoms with Crippen LogP contribution in [-0.4, -0.2) is 66.8 Å². The lowest BCUT2D eigenvalue weighted by molar-refractivity contribution is -0.294. The van der Waals surface area contributed by atoms with Crippen LogP contribution in [0, 0.1) is 0 Å². The van der Waals surface area contributed by atoms with E-state index in [1.807, 2.05) is 22.6 Å². The first-order chi connectivity index (χ1) is 6.49. The van der Waals surface area contributed by atoms with Gasteiger partial charge in [-0.05, 0) is 0 Å². The Labute approximate surface area is 94.3 Å². The fraction of sp³-hybridized carbons (Fsp3) is 1.00. The van der Waals surface area contributed by atoms with Crippen LogP contribution in [0.15, 0.2) is 0 Å². The van der Waals surface area contributed by atoms with Crippen LogP contribution in [0.1, 0.15) is 0 Å². The summed E-state index contributed by atoms with van der Waals surface area (Å²) in [6, 6.07) is 0. The highest BCUT2D eigenvalue weighted by atomic mass is 127. The monoisotopic (exact) mass is 320 g/mol. The molecule has 1 rings (SSSR count). The molecule has 1 saturated heterocycles. The highest BCUT2D eigenvalue weighted by Gasteiger charge is 2.45. The number of alkyl halides is 1. The number of aliphatic hydroxyl groups excluding tert-OH is 5. The molecule has 1 unspecified atom stereocenters. The molecule has 6 nitrogen and oxygen atoms in total. The van der Waals surface area contributed by atoms with Crippen molar-refractivity contribution in [3.8, 4) is 0 Å². The molecule has 14 heavy (non-hydrogen) atoms. The van der Waals surface area contributed by atoms with Crippen molar-refractivity contribution in [1.82, 2.24) is 0 Å². The topological polar surface area (TPSA) is 110 Å². The number of halogens is 1. The summed E-state index contributed by atoms with van der Waals surface area (Å²) in [7, 11) is 0. The zero-order valence-corrected chi connectivity index (χ0v) is 9.35. The van der Waals surface area contributed by atoms with Gasteiger partial charge >= 0.3 is 0 Å². The second-order valence-corrected chi connectivity index (χ2v) is 4.07. The van der Waals surface area contributed by atoms with Crippen molar-refractivity contribution >= 4 is 22.6 Å². The minimum atomic E-state index is -1.59. The molecule has 0 aromatic carbocycles. The van der Waals surface area contributed by atoms with Gasteiger partial charge in [0, 0.05) is 4.43 Å². The van der Waals surface area contributed by atoms with Gasteiger partial charge in [-0.25, -0.2) is 0 Å². The summed E-state index contributed by atoms with van der Waals surface area (Å²) < 4.78 is 5.06. The molecule has 7 heteroatoms. The van der Waals surface area contributed by atoms with Crippen LogP contribution in [0.4, 0.5) is 0 Å². The third-order valence-electron chi connectivity index (χ3n) is 2.16. The summed E-state index contributed by atoms with van der Waals surface area (Å²) in [5, 5.41) is 46.3. The average molecular weight is 320 g/mol. The fourth-order valence-corrected chi connectivity index (χ4v) is 1.79. The Morgan fingerprint density at radius 2 is 1.64 bits per heavy atom. The Morgan fingerprint density at radius 1 is 1.07 bits per heavy atom. The van der Waals surface area contributed by atoms with Gasteiger partial charge in [0.15, 0.2) is 6.29 Å². The van der Waals surface area contributed by atoms with E-state index in [9.17, 15) is 15.3 Å². The van der Waals surface area contributed by atoms with Crippen LogP contribution >= 0.6 is 22.6 Å². The molecular weight excluding hydrogens is 307 g/mol. The van der Waals surface area contributed by atoms with Crippen molar-refractivity contribution in [2.45, 2.75) is 36.8 Å². The number of ether oxygens (including phenoxy) is 1. The van der Waals surface area contributed by atoms with Crippen molar-refractivity contribution in [3.63, 3.8) is 0 Å². The molecule has 0 aromatic heterocycles. The summed E-state index contributed by atoms with van der Waals surface area (Å²) in [5.41, 5.74) is 0. The van der Waals surface area contributed by atoms with E-state index in [4.69, 9.17) is 14.9 Å². The number of rotatable bonds is 2. The molecular formula is C7H13IO6. The first kappa shape index (κ1) is 12.6. The Morgan fingerprint density at radius 3 is 2.14 bits per heavy atom. The van der Waals surface area contributed by atoms with Crippen LogP contribution in [0.5, 0.6) is 0 Å². The predicted molar refractivity (Wildman–Crippen MR) is 53.8 cm³/mol. The summed E-state index contributed by atoms with van der Waals surface area (Å²) in [6.45, 7) is 0. The van der Waals surface area contributed by atoms with Crippen molar-refractivity contribution < 1.29 is 30.3 Å². The minimum Gasteiger partial charge on any atom is -0.390 e. The van der Waals surface area contributed by atoms with Gasteiger partial charge in [0.05, 0.1) is 6.10 Å². The van der Waals surface area contributed by atoms with Gasteiger partial charge in [-0.3, -0.25) is 0 Å². The van der Waals surface area contributed by atoms with Crippen molar-refractivity contribution in [2.75, 3.05) is 4.43 Å². The smallest absolute Gasteiger partial charge is 0.184 e. The Hall–Kier alpha value is 0.490. The van der Waals surface area contributed by atoms with Crippen molar-refractivity contribution in [3.05, 3.63) is 0 Å². The lowest BCUT2D eigenvalue weighted by atomic mass is 9.96. The Kier molecular flexibility index (Phi) is 4.50. The molecule has 0 radical (unpaired) electrons. The van der Waals surface area contributed by atoms with Crippen LogP contribution in [0.3, 0.4) is 0 Å². The van der Waals surface area contributed by atoms with E-state index in [2.05, 4.69) is 0 Å². The maximum absolute atomic E-state index is 9.42. The number of aliphatic hydroxyl groups is 5. The number of hydrogen-bond acceptors (Lipinski definition) is 6. The van der Waals surface area contributed by atoms with E-state index in [1.165, 1.54) is 0 Å². The first-order valence-corrected chi connectivity index (χ1v) is 5.63. The average Bonchev–Trinajstić information content (AvgIpc) is 2.19. The Bertz CT molecular complexity index is 191. The summed E-state index contributed by atoms with van der Waals surface area (Å²) >= 11 is 1.88. The standard InChI is InChI=1S/C7H13IO6/c8-1-2(9)6-4(11)3(10)5(12)7(13)14-6/h2-7,9-13H,1H2/t2-,3-,4-,5+,6+,7?/m0/s1. The van der Waals surface area contributed by atoms with Gasteiger partial charge in [-0.1, -0.05) is 22.6 Å². The van der Waals surface area contributed by atoms with Crippen LogP contribution in [0.25, 0.3) is 0 Å². The zero-order valence-electron chi connectivity index (χ0n) is 7.19. The van der Waals surface area contributed by atoms with Crippen LogP contribution in [0.2, 0.25) is 0 Å². The molecule has 84 valence electrons. The first-order valence-electron chi connectivity index (χ1n) is 4.10. The molecule has 0 aromatic rings. The highest BCUT2D eigenvalue weighted by Crippen LogP contribution is 2.22. The van der Waals surface area contributed by atoms with Gasteiger partial charge in [0.2, 0.25) is 0 Å². The van der Waals surface area contributed by atoms with Gasteiger partial charge in [-0.2, -0.15) is 0 Å². The molecule has 1 heterocycles. The normalized spacial score (nSPS) is 46.3. The van der Waals surface area contributed by atoms with Gasteiger partial charge in [0.1, 0.15) is 24.4 Å². The molecule has 0 bridgehead atoms. The van der Waals surface area contributed by atoms with E-state index >= 15 is 0 Å². The molecule has 0 amide bonds. The van der Waals surface area contributed by atoms with E-state index in [0.29, 0.717) is 0 Å². The second kappa shape index (κ2) is 5.01. The molecule has 1 aliphatic heterocycles. The quantitative estimate of drug-likeness (QED) is 0.286. The molecule has 1 fully saturated rings. The third-order valence-corrected chi connectivity index (χ3v) is 3.06. The number of hydrogen-bond donors (Lipinski definition) is 5. The fourth-order valence-electron chi connectivity index (χ4n) is 1.29. The Balaban J connectivity index is 2.70. The summed E-state index contributed by atoms with van der Waals surface area (Å²) in [4.78, 5) is 0. The van der Waals surface area contributed by atoms with Crippen LogP contribution < -0.4 is 0 Å². The third kappa shape index (κ3) is 2.35. The largest absolute Gasteiger partial charge is 0.390 e. The zero-order chi connectivity index (χ0) is 10.9. The minimum absolute atomic E-state index is 0.287. The van der Waals surface area contributed by atoms with Gasteiger partial charge in [0.25, 0.3) is 0 Å². The van der Waals surface area contributed by atoms with Gasteiger partial charge in [-0.15, -0.1) is 0 Å². The predicted octanol–water partition coefficient (Wildman–Crippen LogP) is -2.42. The molecule has 0 spiro atoms. The van der Waals surface area contributed by atoms with E-state index in [-0.39, 0.29) is 4.43 Å². The van der Waals surface area contributed by atoms with E-state index < -0.39 is 36.8 Å². The SMILES string of the molecule is OC1O[C@H]([C@@H](O)CI)[C@@H](O)[C@H](O)[C@H]1O. The molecule has 5 N–H and O–H groups in total. The lowest BCUT2D eigenvalue weighted by Gasteiger charge is -2.39. The molecule has 6 atom stereocenters. The summed E-state index contributed by atoms with van der Waals surface area (Å²) in [5.74, 6) is 0. The van der Waals surface area contributed by atoms with Crippen molar-refractivity contribution in [2.24, 2.45) is 0 Å². The highest BCUT2D eigenvalue weighted by molar-refractivity contribution is 14.1. The molecule has 0 saturated carbocycles. The van der Waals surface area contributed by atoms with Gasteiger partial charge < -0.3 is 30.3 Å². The van der Waals surface area contributed by atoms with Crippen LogP contribution in [-0.2, 0) is 4.74 Å². The lowest BCUT2D eigenvalue weighted by Crippen LogP contribution is -2.60. The second-order valence-electron chi connectivity index (χ2n) is 3.18. The molecule has 0 aliphatic carbocycles. The molecule has 1 aliphatic rings. The summed E-state index contributed by atoms with van der Waals surface area (Å²) in [6.07, 6.45) is -8.14.